The summed E-state index contributed by atoms with van der Waals surface area (Å²) < 4.78 is 7.15. The zero-order valence-electron chi connectivity index (χ0n) is 18.8. The Labute approximate surface area is 192 Å². The van der Waals surface area contributed by atoms with Crippen LogP contribution in [0.1, 0.15) is 44.6 Å². The van der Waals surface area contributed by atoms with Crippen molar-refractivity contribution in [1.82, 2.24) is 9.99 Å². The number of amides is 1. The van der Waals surface area contributed by atoms with E-state index in [1.807, 2.05) is 73.0 Å². The average molecular weight is 440 g/mol. The van der Waals surface area contributed by atoms with Gasteiger partial charge in [0.1, 0.15) is 0 Å². The van der Waals surface area contributed by atoms with Crippen molar-refractivity contribution in [3.8, 4) is 5.69 Å². The fraction of sp³-hybridized carbons (Fsp3) is 0.148. The first-order valence-corrected chi connectivity index (χ1v) is 10.8. The Bertz CT molecular complexity index is 1370. The van der Waals surface area contributed by atoms with Gasteiger partial charge in [-0.05, 0) is 67.9 Å². The fourth-order valence-electron chi connectivity index (χ4n) is 3.86. The smallest absolute Gasteiger partial charge is 0.338 e. The van der Waals surface area contributed by atoms with Gasteiger partial charge in [-0.1, -0.05) is 36.4 Å². The van der Waals surface area contributed by atoms with E-state index >= 15 is 0 Å². The van der Waals surface area contributed by atoms with Crippen molar-refractivity contribution >= 4 is 28.9 Å². The number of carbonyl (C=O) groups is 2. The number of nitrogens with one attached hydrogen (secondary N) is 1. The van der Waals surface area contributed by atoms with Crippen molar-refractivity contribution in [3.63, 3.8) is 0 Å². The Morgan fingerprint density at radius 1 is 0.939 bits per heavy atom. The Morgan fingerprint density at radius 3 is 2.52 bits per heavy atom. The molecule has 0 radical (unpaired) electrons. The average Bonchev–Trinajstić information content (AvgIpc) is 3.11. The molecule has 33 heavy (non-hydrogen) atoms. The lowest BCUT2D eigenvalue weighted by molar-refractivity contribution is 0.0526. The lowest BCUT2D eigenvalue weighted by Gasteiger charge is -2.11. The van der Waals surface area contributed by atoms with Crippen LogP contribution in [0.15, 0.2) is 77.9 Å². The molecule has 0 aliphatic rings. The Kier molecular flexibility index (Phi) is 6.36. The first-order chi connectivity index (χ1) is 16.0. The van der Waals surface area contributed by atoms with E-state index in [1.54, 1.807) is 31.3 Å². The highest BCUT2D eigenvalue weighted by atomic mass is 16.5. The van der Waals surface area contributed by atoms with Gasteiger partial charge in [-0.2, -0.15) is 5.10 Å². The van der Waals surface area contributed by atoms with Gasteiger partial charge >= 0.3 is 5.97 Å². The van der Waals surface area contributed by atoms with Crippen LogP contribution in [-0.4, -0.2) is 29.3 Å². The number of aromatic nitrogens is 1. The first-order valence-electron chi connectivity index (χ1n) is 10.8. The van der Waals surface area contributed by atoms with Crippen molar-refractivity contribution in [3.05, 3.63) is 101 Å². The van der Waals surface area contributed by atoms with Crippen LogP contribution in [0.25, 0.3) is 16.5 Å². The van der Waals surface area contributed by atoms with Crippen LogP contribution in [0.2, 0.25) is 0 Å². The van der Waals surface area contributed by atoms with Gasteiger partial charge in [-0.25, -0.2) is 10.2 Å². The predicted octanol–water partition coefficient (Wildman–Crippen LogP) is 5.19. The van der Waals surface area contributed by atoms with Crippen molar-refractivity contribution in [1.29, 1.82) is 0 Å². The van der Waals surface area contributed by atoms with Crippen LogP contribution >= 0.6 is 0 Å². The second kappa shape index (κ2) is 9.53. The van der Waals surface area contributed by atoms with E-state index in [4.69, 9.17) is 4.74 Å². The van der Waals surface area contributed by atoms with Crippen LogP contribution in [0.3, 0.4) is 0 Å². The first kappa shape index (κ1) is 22.0. The minimum absolute atomic E-state index is 0.270. The summed E-state index contributed by atoms with van der Waals surface area (Å²) in [6.07, 6.45) is 1.63. The Hall–Kier alpha value is -4.19. The van der Waals surface area contributed by atoms with Gasteiger partial charge in [0.15, 0.2) is 0 Å². The summed E-state index contributed by atoms with van der Waals surface area (Å²) >= 11 is 0. The molecule has 6 heteroatoms. The lowest BCUT2D eigenvalue weighted by atomic mass is 10.1. The molecule has 1 aromatic heterocycles. The summed E-state index contributed by atoms with van der Waals surface area (Å²) in [6, 6.07) is 22.7. The van der Waals surface area contributed by atoms with E-state index in [9.17, 15) is 9.59 Å². The number of hydrazone groups is 1. The molecule has 1 heterocycles. The monoisotopic (exact) mass is 439 g/mol. The Balaban J connectivity index is 1.52. The maximum Gasteiger partial charge on any atom is 0.338 e. The summed E-state index contributed by atoms with van der Waals surface area (Å²) in [5, 5.41) is 6.25. The van der Waals surface area contributed by atoms with Gasteiger partial charge < -0.3 is 9.30 Å². The highest BCUT2D eigenvalue weighted by molar-refractivity contribution is 5.99. The Morgan fingerprint density at radius 2 is 1.73 bits per heavy atom. The molecule has 4 aromatic rings. The summed E-state index contributed by atoms with van der Waals surface area (Å²) in [7, 11) is 0. The molecule has 0 saturated heterocycles. The topological polar surface area (TPSA) is 72.7 Å². The molecule has 0 atom stereocenters. The SMILES string of the molecule is CCOC(=O)c1cccc(-n2c(C)cc(/C=N\NC(=O)c3ccc4ccccc4c3)c2C)c1. The molecular formula is C27H25N3O3. The maximum absolute atomic E-state index is 12.5. The maximum atomic E-state index is 12.5. The molecular weight excluding hydrogens is 414 g/mol. The van der Waals surface area contributed by atoms with Crippen LogP contribution in [-0.2, 0) is 4.74 Å². The predicted molar refractivity (Wildman–Crippen MR) is 130 cm³/mol. The summed E-state index contributed by atoms with van der Waals surface area (Å²) in [6.45, 7) is 6.06. The molecule has 1 amide bonds. The van der Waals surface area contributed by atoms with Gasteiger partial charge in [-0.15, -0.1) is 0 Å². The standard InChI is InChI=1S/C27H25N3O3/c1-4-33-27(32)23-10-7-11-25(16-23)30-18(2)14-24(19(30)3)17-28-29-26(31)22-13-12-20-8-5-6-9-21(20)15-22/h5-17H,4H2,1-3H3,(H,29,31)/b28-17-. The molecule has 0 fully saturated rings. The lowest BCUT2D eigenvalue weighted by Crippen LogP contribution is -2.17. The number of benzene rings is 3. The molecule has 1 N–H and O–H groups in total. The number of ether oxygens (including phenoxy) is 1. The van der Waals surface area contributed by atoms with Gasteiger partial charge in [-0.3, -0.25) is 4.79 Å². The molecule has 0 bridgehead atoms. The number of carbonyl (C=O) groups excluding carboxylic acids is 2. The van der Waals surface area contributed by atoms with Gasteiger partial charge in [0, 0.05) is 28.2 Å². The molecule has 0 aliphatic carbocycles. The van der Waals surface area contributed by atoms with E-state index in [2.05, 4.69) is 10.5 Å². The zero-order valence-corrected chi connectivity index (χ0v) is 18.8. The molecule has 4 rings (SSSR count). The largest absolute Gasteiger partial charge is 0.462 e. The summed E-state index contributed by atoms with van der Waals surface area (Å²) in [5.74, 6) is -0.618. The highest BCUT2D eigenvalue weighted by Crippen LogP contribution is 2.21. The number of rotatable bonds is 6. The molecule has 166 valence electrons. The minimum Gasteiger partial charge on any atom is -0.462 e. The molecule has 0 unspecified atom stereocenters. The third-order valence-electron chi connectivity index (χ3n) is 5.47. The van der Waals surface area contributed by atoms with E-state index in [0.29, 0.717) is 17.7 Å². The van der Waals surface area contributed by atoms with Crippen LogP contribution in [0, 0.1) is 13.8 Å². The molecule has 0 spiro atoms. The van der Waals surface area contributed by atoms with E-state index in [1.165, 1.54) is 0 Å². The molecule has 0 aliphatic heterocycles. The number of aryl methyl sites for hydroxylation is 1. The van der Waals surface area contributed by atoms with Gasteiger partial charge in [0.25, 0.3) is 5.91 Å². The summed E-state index contributed by atoms with van der Waals surface area (Å²) in [5.41, 5.74) is 7.30. The normalized spacial score (nSPS) is 11.1. The molecule has 6 nitrogen and oxygen atoms in total. The van der Waals surface area contributed by atoms with Crippen molar-refractivity contribution in [2.24, 2.45) is 5.10 Å². The van der Waals surface area contributed by atoms with Crippen molar-refractivity contribution < 1.29 is 14.3 Å². The quantitative estimate of drug-likeness (QED) is 0.255. The van der Waals surface area contributed by atoms with E-state index < -0.39 is 0 Å². The second-order valence-electron chi connectivity index (χ2n) is 7.69. The fourth-order valence-corrected chi connectivity index (χ4v) is 3.86. The number of nitrogens with zero attached hydrogens (tertiary/aromatic N) is 2. The third-order valence-corrected chi connectivity index (χ3v) is 5.47. The zero-order chi connectivity index (χ0) is 23.4. The number of fused-ring (bicyclic) bond motifs is 1. The number of hydrogen-bond acceptors (Lipinski definition) is 4. The van der Waals surface area contributed by atoms with Crippen LogP contribution < -0.4 is 5.43 Å². The van der Waals surface area contributed by atoms with Gasteiger partial charge in [0.05, 0.1) is 18.4 Å². The third kappa shape index (κ3) is 4.70. The van der Waals surface area contributed by atoms with Gasteiger partial charge in [0.2, 0.25) is 0 Å². The second-order valence-corrected chi connectivity index (χ2v) is 7.69. The van der Waals surface area contributed by atoms with Crippen LogP contribution in [0.4, 0.5) is 0 Å². The molecule has 3 aromatic carbocycles. The number of esters is 1. The van der Waals surface area contributed by atoms with E-state index in [0.717, 1.165) is 33.4 Å². The van der Waals surface area contributed by atoms with Crippen molar-refractivity contribution in [2.45, 2.75) is 20.8 Å². The highest BCUT2D eigenvalue weighted by Gasteiger charge is 2.13. The number of hydrogen-bond donors (Lipinski definition) is 1. The van der Waals surface area contributed by atoms with Crippen LogP contribution in [0.5, 0.6) is 0 Å². The summed E-state index contributed by atoms with van der Waals surface area (Å²) in [4.78, 5) is 24.6. The molecule has 0 saturated carbocycles. The van der Waals surface area contributed by atoms with Crippen molar-refractivity contribution in [2.75, 3.05) is 6.61 Å². The van der Waals surface area contributed by atoms with E-state index in [-0.39, 0.29) is 11.9 Å². The minimum atomic E-state index is -0.347.